The molecule has 0 N–H and O–H groups in total. The number of amides is 1. The Hall–Kier alpha value is -2.37. The van der Waals surface area contributed by atoms with Gasteiger partial charge in [-0.2, -0.15) is 0 Å². The SMILES string of the molecule is Cc1cc(CC(=O)N2CCC(Oc3cccnc3)CC2)on1. The third-order valence-electron chi connectivity index (χ3n) is 3.73. The molecule has 1 aliphatic heterocycles. The van der Waals surface area contributed by atoms with Crippen molar-refractivity contribution in [2.45, 2.75) is 32.3 Å². The summed E-state index contributed by atoms with van der Waals surface area (Å²) in [6.45, 7) is 3.26. The van der Waals surface area contributed by atoms with Crippen molar-refractivity contribution < 1.29 is 14.1 Å². The van der Waals surface area contributed by atoms with Gasteiger partial charge in [0.2, 0.25) is 5.91 Å². The third-order valence-corrected chi connectivity index (χ3v) is 3.73. The van der Waals surface area contributed by atoms with Crippen LogP contribution < -0.4 is 4.74 Å². The highest BCUT2D eigenvalue weighted by Crippen LogP contribution is 2.18. The molecule has 0 spiro atoms. The first-order valence-electron chi connectivity index (χ1n) is 7.47. The van der Waals surface area contributed by atoms with Crippen LogP contribution in [0, 0.1) is 6.92 Å². The number of rotatable bonds is 4. The first-order valence-corrected chi connectivity index (χ1v) is 7.47. The fourth-order valence-corrected chi connectivity index (χ4v) is 2.59. The molecule has 1 aliphatic rings. The smallest absolute Gasteiger partial charge is 0.230 e. The van der Waals surface area contributed by atoms with Crippen molar-refractivity contribution in [3.8, 4) is 5.75 Å². The molecule has 6 heteroatoms. The van der Waals surface area contributed by atoms with Gasteiger partial charge in [-0.3, -0.25) is 9.78 Å². The van der Waals surface area contributed by atoms with Gasteiger partial charge in [0.15, 0.2) is 0 Å². The number of hydrogen-bond donors (Lipinski definition) is 0. The Labute approximate surface area is 129 Å². The number of aryl methyl sites for hydroxylation is 1. The summed E-state index contributed by atoms with van der Waals surface area (Å²) in [5.41, 5.74) is 0.798. The van der Waals surface area contributed by atoms with Crippen LogP contribution in [0.5, 0.6) is 5.75 Å². The van der Waals surface area contributed by atoms with Crippen LogP contribution in [-0.4, -0.2) is 40.1 Å². The maximum Gasteiger partial charge on any atom is 0.230 e. The highest BCUT2D eigenvalue weighted by atomic mass is 16.5. The van der Waals surface area contributed by atoms with Crippen molar-refractivity contribution in [1.82, 2.24) is 15.0 Å². The Bertz CT molecular complexity index is 619. The van der Waals surface area contributed by atoms with Crippen molar-refractivity contribution in [2.24, 2.45) is 0 Å². The Balaban J connectivity index is 1.48. The third kappa shape index (κ3) is 3.63. The molecule has 0 aromatic carbocycles. The lowest BCUT2D eigenvalue weighted by Gasteiger charge is -2.32. The van der Waals surface area contributed by atoms with Crippen LogP contribution in [0.3, 0.4) is 0 Å². The molecule has 0 atom stereocenters. The standard InChI is InChI=1S/C16H19N3O3/c1-12-9-15(22-18-12)10-16(20)19-7-4-13(5-8-19)21-14-3-2-6-17-11-14/h2-3,6,9,11,13H,4-5,7-8,10H2,1H3. The van der Waals surface area contributed by atoms with Crippen LogP contribution >= 0.6 is 0 Å². The van der Waals surface area contributed by atoms with E-state index in [2.05, 4.69) is 10.1 Å². The highest BCUT2D eigenvalue weighted by molar-refractivity contribution is 5.78. The van der Waals surface area contributed by atoms with E-state index in [-0.39, 0.29) is 18.4 Å². The summed E-state index contributed by atoms with van der Waals surface area (Å²) < 4.78 is 11.0. The molecular formula is C16H19N3O3. The number of nitrogens with zero attached hydrogens (tertiary/aromatic N) is 3. The van der Waals surface area contributed by atoms with Crippen molar-refractivity contribution in [1.29, 1.82) is 0 Å². The van der Waals surface area contributed by atoms with Crippen LogP contribution in [0.1, 0.15) is 24.3 Å². The number of carbonyl (C=O) groups excluding carboxylic acids is 1. The summed E-state index contributed by atoms with van der Waals surface area (Å²) >= 11 is 0. The summed E-state index contributed by atoms with van der Waals surface area (Å²) in [7, 11) is 0. The zero-order valence-corrected chi connectivity index (χ0v) is 12.6. The van der Waals surface area contributed by atoms with Gasteiger partial charge < -0.3 is 14.2 Å². The lowest BCUT2D eigenvalue weighted by molar-refractivity contribution is -0.132. The Kier molecular flexibility index (Phi) is 4.37. The molecule has 1 fully saturated rings. The number of pyridine rings is 1. The van der Waals surface area contributed by atoms with Gasteiger partial charge in [-0.25, -0.2) is 0 Å². The minimum absolute atomic E-state index is 0.0796. The normalized spacial score (nSPS) is 15.8. The van der Waals surface area contributed by atoms with E-state index in [1.807, 2.05) is 24.0 Å². The van der Waals surface area contributed by atoms with Gasteiger partial charge in [-0.1, -0.05) is 5.16 Å². The number of hydrogen-bond acceptors (Lipinski definition) is 5. The molecular weight excluding hydrogens is 282 g/mol. The molecule has 0 saturated carbocycles. The lowest BCUT2D eigenvalue weighted by atomic mass is 10.1. The maximum atomic E-state index is 12.2. The van der Waals surface area contributed by atoms with Crippen molar-refractivity contribution in [2.75, 3.05) is 13.1 Å². The fourth-order valence-electron chi connectivity index (χ4n) is 2.59. The molecule has 2 aromatic rings. The quantitative estimate of drug-likeness (QED) is 0.864. The molecule has 116 valence electrons. The topological polar surface area (TPSA) is 68.5 Å². The van der Waals surface area contributed by atoms with E-state index in [1.54, 1.807) is 18.5 Å². The molecule has 3 heterocycles. The molecule has 6 nitrogen and oxygen atoms in total. The summed E-state index contributed by atoms with van der Waals surface area (Å²) in [5, 5.41) is 3.80. The molecule has 1 saturated heterocycles. The molecule has 0 bridgehead atoms. The largest absolute Gasteiger partial charge is 0.489 e. The zero-order chi connectivity index (χ0) is 15.4. The summed E-state index contributed by atoms with van der Waals surface area (Å²) in [5.74, 6) is 1.48. The first-order chi connectivity index (χ1) is 10.7. The number of ether oxygens (including phenoxy) is 1. The summed E-state index contributed by atoms with van der Waals surface area (Å²) in [6.07, 6.45) is 5.50. The van der Waals surface area contributed by atoms with Crippen molar-refractivity contribution in [3.05, 3.63) is 42.0 Å². The summed E-state index contributed by atoms with van der Waals surface area (Å²) in [4.78, 5) is 18.1. The van der Waals surface area contributed by atoms with Gasteiger partial charge in [0.05, 0.1) is 18.3 Å². The Morgan fingerprint density at radius 2 is 2.27 bits per heavy atom. The van der Waals surface area contributed by atoms with E-state index in [0.717, 1.165) is 24.3 Å². The van der Waals surface area contributed by atoms with Gasteiger partial charge in [0, 0.05) is 38.2 Å². The number of aromatic nitrogens is 2. The number of piperidine rings is 1. The first kappa shape index (κ1) is 14.6. The highest BCUT2D eigenvalue weighted by Gasteiger charge is 2.24. The van der Waals surface area contributed by atoms with Crippen LogP contribution in [0.15, 0.2) is 35.1 Å². The van der Waals surface area contributed by atoms with E-state index in [9.17, 15) is 4.79 Å². The Morgan fingerprint density at radius 3 is 2.91 bits per heavy atom. The molecule has 22 heavy (non-hydrogen) atoms. The van der Waals surface area contributed by atoms with Crippen LogP contribution in [-0.2, 0) is 11.2 Å². The second-order valence-electron chi connectivity index (χ2n) is 5.50. The molecule has 0 radical (unpaired) electrons. The molecule has 0 unspecified atom stereocenters. The second-order valence-corrected chi connectivity index (χ2v) is 5.50. The predicted octanol–water partition coefficient (Wildman–Crippen LogP) is 1.99. The fraction of sp³-hybridized carbons (Fsp3) is 0.438. The maximum absolute atomic E-state index is 12.2. The minimum Gasteiger partial charge on any atom is -0.489 e. The van der Waals surface area contributed by atoms with Gasteiger partial charge in [-0.15, -0.1) is 0 Å². The number of likely N-dealkylation sites (tertiary alicyclic amines) is 1. The lowest BCUT2D eigenvalue weighted by Crippen LogP contribution is -2.42. The predicted molar refractivity (Wildman–Crippen MR) is 79.4 cm³/mol. The molecule has 2 aromatic heterocycles. The zero-order valence-electron chi connectivity index (χ0n) is 12.6. The molecule has 1 amide bonds. The van der Waals surface area contributed by atoms with Crippen LogP contribution in [0.4, 0.5) is 0 Å². The van der Waals surface area contributed by atoms with Gasteiger partial charge in [-0.05, 0) is 19.1 Å². The van der Waals surface area contributed by atoms with E-state index in [0.29, 0.717) is 18.8 Å². The average molecular weight is 301 g/mol. The van der Waals surface area contributed by atoms with Crippen LogP contribution in [0.25, 0.3) is 0 Å². The number of carbonyl (C=O) groups is 1. The van der Waals surface area contributed by atoms with E-state index < -0.39 is 0 Å². The van der Waals surface area contributed by atoms with Crippen molar-refractivity contribution >= 4 is 5.91 Å². The van der Waals surface area contributed by atoms with E-state index in [1.165, 1.54) is 0 Å². The second kappa shape index (κ2) is 6.60. The van der Waals surface area contributed by atoms with Gasteiger partial charge >= 0.3 is 0 Å². The minimum atomic E-state index is 0.0796. The average Bonchev–Trinajstić information content (AvgIpc) is 2.94. The van der Waals surface area contributed by atoms with E-state index in [4.69, 9.17) is 9.26 Å². The van der Waals surface area contributed by atoms with Gasteiger partial charge in [0.1, 0.15) is 17.6 Å². The molecule has 0 aliphatic carbocycles. The summed E-state index contributed by atoms with van der Waals surface area (Å²) in [6, 6.07) is 5.56. The monoisotopic (exact) mass is 301 g/mol. The molecule has 3 rings (SSSR count). The van der Waals surface area contributed by atoms with E-state index >= 15 is 0 Å². The Morgan fingerprint density at radius 1 is 1.45 bits per heavy atom. The van der Waals surface area contributed by atoms with Crippen molar-refractivity contribution in [3.63, 3.8) is 0 Å². The van der Waals surface area contributed by atoms with Gasteiger partial charge in [0.25, 0.3) is 0 Å². The van der Waals surface area contributed by atoms with Crippen LogP contribution in [0.2, 0.25) is 0 Å².